The number of aliphatic carboxylic acids is 1. The lowest BCUT2D eigenvalue weighted by molar-refractivity contribution is -0.137. The minimum Gasteiger partial charge on any atom is -0.480 e. The van der Waals surface area contributed by atoms with Gasteiger partial charge in [0.1, 0.15) is 0 Å². The molecule has 0 radical (unpaired) electrons. The number of rotatable bonds is 4. The zero-order valence-corrected chi connectivity index (χ0v) is 11.5. The summed E-state index contributed by atoms with van der Waals surface area (Å²) in [6, 6.07) is 2.69. The van der Waals surface area contributed by atoms with Crippen LogP contribution in [0.5, 0.6) is 0 Å². The lowest BCUT2D eigenvalue weighted by Gasteiger charge is -2.17. The monoisotopic (exact) mass is 331 g/mol. The molecule has 1 aromatic carbocycles. The molecule has 10 heteroatoms. The molecule has 2 N–H and O–H groups in total. The van der Waals surface area contributed by atoms with E-state index in [-0.39, 0.29) is 0 Å². The first-order valence-electron chi connectivity index (χ1n) is 5.07. The van der Waals surface area contributed by atoms with Crippen LogP contribution in [0.4, 0.5) is 18.9 Å². The van der Waals surface area contributed by atoms with Crippen LogP contribution in [0.15, 0.2) is 18.2 Å². The molecule has 5 nitrogen and oxygen atoms in total. The summed E-state index contributed by atoms with van der Waals surface area (Å²) in [5.74, 6) is -1.70. The third-order valence-corrected chi connectivity index (χ3v) is 4.31. The third kappa shape index (κ3) is 3.54. The van der Waals surface area contributed by atoms with Gasteiger partial charge in [0, 0.05) is 0 Å². The summed E-state index contributed by atoms with van der Waals surface area (Å²) in [6.45, 7) is 0.828. The molecule has 0 aliphatic carbocycles. The Morgan fingerprint density at radius 1 is 1.40 bits per heavy atom. The highest BCUT2D eigenvalue weighted by molar-refractivity contribution is 7.94. The maximum Gasteiger partial charge on any atom is 0.418 e. The highest BCUT2D eigenvalue weighted by atomic mass is 35.5. The van der Waals surface area contributed by atoms with Crippen LogP contribution in [-0.4, -0.2) is 24.7 Å². The van der Waals surface area contributed by atoms with E-state index in [1.807, 2.05) is 0 Å². The number of sulfonamides is 1. The van der Waals surface area contributed by atoms with Crippen molar-refractivity contribution in [1.82, 2.24) is 0 Å². The van der Waals surface area contributed by atoms with Crippen molar-refractivity contribution in [2.45, 2.75) is 18.3 Å². The molecule has 0 saturated heterocycles. The number of halogens is 4. The average Bonchev–Trinajstić information content (AvgIpc) is 2.28. The molecule has 20 heavy (non-hydrogen) atoms. The van der Waals surface area contributed by atoms with E-state index >= 15 is 0 Å². The van der Waals surface area contributed by atoms with Gasteiger partial charge in [0.2, 0.25) is 10.0 Å². The molecule has 0 heterocycles. The topological polar surface area (TPSA) is 83.5 Å². The van der Waals surface area contributed by atoms with Gasteiger partial charge in [-0.2, -0.15) is 13.2 Å². The maximum absolute atomic E-state index is 12.8. The summed E-state index contributed by atoms with van der Waals surface area (Å²) in [7, 11) is -4.55. The second-order valence-electron chi connectivity index (χ2n) is 3.79. The van der Waals surface area contributed by atoms with Gasteiger partial charge in [-0.15, -0.1) is 0 Å². The van der Waals surface area contributed by atoms with Crippen molar-refractivity contribution in [3.05, 3.63) is 28.8 Å². The van der Waals surface area contributed by atoms with E-state index < -0.39 is 43.7 Å². The molecule has 0 bridgehead atoms. The molecular formula is C10H9ClF3NO4S. The van der Waals surface area contributed by atoms with E-state index in [2.05, 4.69) is 0 Å². The molecule has 1 rings (SSSR count). The largest absolute Gasteiger partial charge is 0.480 e. The maximum atomic E-state index is 12.8. The van der Waals surface area contributed by atoms with Crippen molar-refractivity contribution < 1.29 is 31.5 Å². The number of para-hydroxylation sites is 1. The highest BCUT2D eigenvalue weighted by Crippen LogP contribution is 2.39. The van der Waals surface area contributed by atoms with E-state index in [4.69, 9.17) is 16.7 Å². The Kier molecular flexibility index (Phi) is 4.55. The van der Waals surface area contributed by atoms with Gasteiger partial charge < -0.3 is 5.11 Å². The number of anilines is 1. The minimum atomic E-state index is -4.84. The predicted molar refractivity (Wildman–Crippen MR) is 66.1 cm³/mol. The van der Waals surface area contributed by atoms with E-state index in [0.29, 0.717) is 6.07 Å². The zero-order chi connectivity index (χ0) is 15.7. The van der Waals surface area contributed by atoms with Crippen molar-refractivity contribution in [2.75, 3.05) is 4.72 Å². The van der Waals surface area contributed by atoms with E-state index in [0.717, 1.165) is 19.1 Å². The number of carbonyl (C=O) groups is 1. The Morgan fingerprint density at radius 2 is 1.95 bits per heavy atom. The number of benzene rings is 1. The second kappa shape index (κ2) is 5.49. The fraction of sp³-hybridized carbons (Fsp3) is 0.300. The lowest BCUT2D eigenvalue weighted by atomic mass is 10.2. The Bertz CT molecular complexity index is 630. The predicted octanol–water partition coefficient (Wildman–Crippen LogP) is 2.57. The molecule has 0 saturated carbocycles. The number of alkyl halides is 3. The molecule has 0 aliphatic rings. The molecule has 0 aliphatic heterocycles. The fourth-order valence-electron chi connectivity index (χ4n) is 1.23. The van der Waals surface area contributed by atoms with Gasteiger partial charge in [-0.05, 0) is 19.1 Å². The Labute approximate surface area is 117 Å². The number of carboxylic acids is 1. The van der Waals surface area contributed by atoms with Gasteiger partial charge in [-0.1, -0.05) is 17.7 Å². The molecule has 1 aromatic rings. The summed E-state index contributed by atoms with van der Waals surface area (Å²) >= 11 is 5.55. The summed E-state index contributed by atoms with van der Waals surface area (Å²) < 4.78 is 63.2. The van der Waals surface area contributed by atoms with Gasteiger partial charge in [-0.25, -0.2) is 8.42 Å². The molecule has 0 aromatic heterocycles. The van der Waals surface area contributed by atoms with Gasteiger partial charge in [0.05, 0.1) is 16.3 Å². The van der Waals surface area contributed by atoms with Crippen molar-refractivity contribution in [3.8, 4) is 0 Å². The van der Waals surface area contributed by atoms with Crippen LogP contribution >= 0.6 is 11.6 Å². The van der Waals surface area contributed by atoms with Crippen LogP contribution in [0.25, 0.3) is 0 Å². The van der Waals surface area contributed by atoms with Crippen LogP contribution < -0.4 is 4.72 Å². The van der Waals surface area contributed by atoms with E-state index in [9.17, 15) is 26.4 Å². The number of nitrogens with one attached hydrogen (secondary N) is 1. The standard InChI is InChI=1S/C10H9ClF3NO4S/c1-5(9(16)17)20(18,19)15-8-6(10(12,13)14)3-2-4-7(8)11/h2-5,15H,1H3,(H,16,17). The lowest BCUT2D eigenvalue weighted by Crippen LogP contribution is -2.32. The van der Waals surface area contributed by atoms with Crippen LogP contribution in [0, 0.1) is 0 Å². The van der Waals surface area contributed by atoms with Gasteiger partial charge in [-0.3, -0.25) is 9.52 Å². The SMILES string of the molecule is CC(C(=O)O)S(=O)(=O)Nc1c(Cl)cccc1C(F)(F)F. The third-order valence-electron chi connectivity index (χ3n) is 2.38. The first-order chi connectivity index (χ1) is 8.97. The second-order valence-corrected chi connectivity index (χ2v) is 6.20. The summed E-state index contributed by atoms with van der Waals surface area (Å²) in [4.78, 5) is 10.6. The number of hydrogen-bond acceptors (Lipinski definition) is 3. The normalized spacial score (nSPS) is 13.8. The summed E-state index contributed by atoms with van der Waals surface area (Å²) in [5, 5.41) is 6.20. The summed E-state index contributed by atoms with van der Waals surface area (Å²) in [5.41, 5.74) is -2.19. The zero-order valence-electron chi connectivity index (χ0n) is 9.90. The summed E-state index contributed by atoms with van der Waals surface area (Å²) in [6.07, 6.45) is -4.84. The quantitative estimate of drug-likeness (QED) is 0.888. The molecule has 0 amide bonds. The van der Waals surface area contributed by atoms with Crippen molar-refractivity contribution in [2.24, 2.45) is 0 Å². The molecule has 0 fully saturated rings. The molecule has 1 atom stereocenters. The molecule has 1 unspecified atom stereocenters. The number of hydrogen-bond donors (Lipinski definition) is 2. The Balaban J connectivity index is 3.33. The molecule has 112 valence electrons. The molecule has 0 spiro atoms. The minimum absolute atomic E-state index is 0.485. The van der Waals surface area contributed by atoms with Crippen molar-refractivity contribution >= 4 is 33.3 Å². The Morgan fingerprint density at radius 3 is 2.40 bits per heavy atom. The number of carboxylic acid groups (broad SMARTS) is 1. The van der Waals surface area contributed by atoms with E-state index in [1.165, 1.54) is 0 Å². The fourth-order valence-corrected chi connectivity index (χ4v) is 2.45. The van der Waals surface area contributed by atoms with Crippen LogP contribution in [0.3, 0.4) is 0 Å². The van der Waals surface area contributed by atoms with Crippen LogP contribution in [-0.2, 0) is 21.0 Å². The first kappa shape index (κ1) is 16.6. The van der Waals surface area contributed by atoms with Gasteiger partial charge in [0.15, 0.2) is 5.25 Å². The average molecular weight is 332 g/mol. The van der Waals surface area contributed by atoms with Crippen LogP contribution in [0.2, 0.25) is 5.02 Å². The van der Waals surface area contributed by atoms with Gasteiger partial charge >= 0.3 is 12.1 Å². The molecular weight excluding hydrogens is 323 g/mol. The van der Waals surface area contributed by atoms with Crippen molar-refractivity contribution in [3.63, 3.8) is 0 Å². The van der Waals surface area contributed by atoms with Crippen molar-refractivity contribution in [1.29, 1.82) is 0 Å². The Hall–Kier alpha value is -1.48. The van der Waals surface area contributed by atoms with Crippen LogP contribution in [0.1, 0.15) is 12.5 Å². The van der Waals surface area contributed by atoms with E-state index in [1.54, 1.807) is 4.72 Å². The smallest absolute Gasteiger partial charge is 0.418 e. The van der Waals surface area contributed by atoms with Gasteiger partial charge in [0.25, 0.3) is 0 Å². The first-order valence-corrected chi connectivity index (χ1v) is 6.99. The highest BCUT2D eigenvalue weighted by Gasteiger charge is 2.37.